The van der Waals surface area contributed by atoms with Crippen LogP contribution in [0.2, 0.25) is 0 Å². The highest BCUT2D eigenvalue weighted by Gasteiger charge is 2.39. The van der Waals surface area contributed by atoms with E-state index in [1.54, 1.807) is 13.0 Å². The molecule has 2 aromatic rings. The molecule has 0 aromatic heterocycles. The van der Waals surface area contributed by atoms with Gasteiger partial charge in [0, 0.05) is 23.6 Å². The molecule has 0 spiro atoms. The fourth-order valence-electron chi connectivity index (χ4n) is 3.77. The van der Waals surface area contributed by atoms with E-state index < -0.39 is 10.0 Å². The molecule has 2 unspecified atom stereocenters. The van der Waals surface area contributed by atoms with Crippen LogP contribution in [0, 0.1) is 12.3 Å². The van der Waals surface area contributed by atoms with Gasteiger partial charge < -0.3 is 10.4 Å². The van der Waals surface area contributed by atoms with Gasteiger partial charge in [-0.25, -0.2) is 13.1 Å². The minimum atomic E-state index is -3.76. The van der Waals surface area contributed by atoms with Gasteiger partial charge in [-0.3, -0.25) is 4.79 Å². The first-order valence-corrected chi connectivity index (χ1v) is 11.3. The molecule has 7 heteroatoms. The zero-order chi connectivity index (χ0) is 21.1. The number of aryl methyl sites for hydroxylation is 1. The standard InChI is InChI=1S/C22H28N2O4S/c1-16-10-11-18(29(27,28)23-14-17-7-4-3-5-8-17)13-19(16)21(26)24-20-9-6-12-22(20,2)15-25/h3-5,7-8,10-11,13,20,23,25H,6,9,12,14-15H2,1-2H3,(H,24,26). The van der Waals surface area contributed by atoms with Crippen LogP contribution >= 0.6 is 0 Å². The molecule has 0 aliphatic heterocycles. The summed E-state index contributed by atoms with van der Waals surface area (Å²) in [5, 5.41) is 12.7. The van der Waals surface area contributed by atoms with Gasteiger partial charge in [-0.1, -0.05) is 49.7 Å². The van der Waals surface area contributed by atoms with Crippen molar-refractivity contribution in [2.45, 2.75) is 50.6 Å². The van der Waals surface area contributed by atoms with Crippen LogP contribution < -0.4 is 10.0 Å². The summed E-state index contributed by atoms with van der Waals surface area (Å²) >= 11 is 0. The Morgan fingerprint density at radius 3 is 2.62 bits per heavy atom. The smallest absolute Gasteiger partial charge is 0.251 e. The average molecular weight is 417 g/mol. The van der Waals surface area contributed by atoms with Crippen molar-refractivity contribution in [1.29, 1.82) is 0 Å². The number of carbonyl (C=O) groups excluding carboxylic acids is 1. The predicted molar refractivity (Wildman–Crippen MR) is 112 cm³/mol. The monoisotopic (exact) mass is 416 g/mol. The Bertz CT molecular complexity index is 976. The molecule has 1 saturated carbocycles. The second-order valence-electron chi connectivity index (χ2n) is 8.02. The highest BCUT2D eigenvalue weighted by Crippen LogP contribution is 2.37. The minimum absolute atomic E-state index is 0.00868. The number of benzene rings is 2. The molecule has 0 heterocycles. The fourth-order valence-corrected chi connectivity index (χ4v) is 4.82. The van der Waals surface area contributed by atoms with Gasteiger partial charge in [0.15, 0.2) is 0 Å². The van der Waals surface area contributed by atoms with Gasteiger partial charge in [-0.05, 0) is 43.0 Å². The first-order valence-electron chi connectivity index (χ1n) is 9.81. The summed E-state index contributed by atoms with van der Waals surface area (Å²) in [4.78, 5) is 12.9. The van der Waals surface area contributed by atoms with E-state index in [1.807, 2.05) is 37.3 Å². The maximum absolute atomic E-state index is 12.9. The van der Waals surface area contributed by atoms with Crippen LogP contribution in [-0.2, 0) is 16.6 Å². The summed E-state index contributed by atoms with van der Waals surface area (Å²) in [5.41, 5.74) is 1.54. The number of carbonyl (C=O) groups is 1. The van der Waals surface area contributed by atoms with Gasteiger partial charge in [-0.15, -0.1) is 0 Å². The number of rotatable bonds is 7. The molecular weight excluding hydrogens is 388 g/mol. The molecule has 1 fully saturated rings. The summed E-state index contributed by atoms with van der Waals surface area (Å²) in [6.45, 7) is 3.93. The normalized spacial score (nSPS) is 21.8. The molecule has 29 heavy (non-hydrogen) atoms. The maximum Gasteiger partial charge on any atom is 0.251 e. The van der Waals surface area contributed by atoms with Crippen LogP contribution in [0.5, 0.6) is 0 Å². The van der Waals surface area contributed by atoms with Crippen molar-refractivity contribution in [2.24, 2.45) is 5.41 Å². The topological polar surface area (TPSA) is 95.5 Å². The van der Waals surface area contributed by atoms with Gasteiger partial charge >= 0.3 is 0 Å². The predicted octanol–water partition coefficient (Wildman–Crippen LogP) is 2.75. The maximum atomic E-state index is 12.9. The van der Waals surface area contributed by atoms with Crippen LogP contribution in [0.4, 0.5) is 0 Å². The quantitative estimate of drug-likeness (QED) is 0.647. The number of aliphatic hydroxyl groups excluding tert-OH is 1. The van der Waals surface area contributed by atoms with E-state index in [0.717, 1.165) is 24.8 Å². The van der Waals surface area contributed by atoms with E-state index in [0.29, 0.717) is 11.1 Å². The molecule has 1 aliphatic rings. The third-order valence-electron chi connectivity index (χ3n) is 5.82. The van der Waals surface area contributed by atoms with E-state index in [1.165, 1.54) is 12.1 Å². The van der Waals surface area contributed by atoms with Gasteiger partial charge in [0.1, 0.15) is 0 Å². The lowest BCUT2D eigenvalue weighted by molar-refractivity contribution is 0.0830. The van der Waals surface area contributed by atoms with Crippen molar-refractivity contribution < 1.29 is 18.3 Å². The van der Waals surface area contributed by atoms with Crippen molar-refractivity contribution in [2.75, 3.05) is 6.61 Å². The molecule has 1 aliphatic carbocycles. The molecule has 0 radical (unpaired) electrons. The second kappa shape index (κ2) is 8.65. The summed E-state index contributed by atoms with van der Waals surface area (Å²) in [5.74, 6) is -0.311. The molecular formula is C22H28N2O4S. The lowest BCUT2D eigenvalue weighted by atomic mass is 9.85. The second-order valence-corrected chi connectivity index (χ2v) is 9.78. The average Bonchev–Trinajstić information content (AvgIpc) is 3.08. The van der Waals surface area contributed by atoms with E-state index in [2.05, 4.69) is 10.0 Å². The van der Waals surface area contributed by atoms with Crippen LogP contribution in [0.25, 0.3) is 0 Å². The first kappa shape index (κ1) is 21.5. The first-order chi connectivity index (χ1) is 13.7. The third kappa shape index (κ3) is 4.86. The van der Waals surface area contributed by atoms with Gasteiger partial charge in [0.25, 0.3) is 5.91 Å². The Balaban J connectivity index is 1.77. The number of aliphatic hydroxyl groups is 1. The van der Waals surface area contributed by atoms with E-state index in [4.69, 9.17) is 0 Å². The molecule has 3 rings (SSSR count). The van der Waals surface area contributed by atoms with Crippen molar-refractivity contribution in [1.82, 2.24) is 10.0 Å². The molecule has 156 valence electrons. The Morgan fingerprint density at radius 1 is 1.21 bits per heavy atom. The summed E-state index contributed by atoms with van der Waals surface area (Å²) in [6, 6.07) is 13.7. The highest BCUT2D eigenvalue weighted by atomic mass is 32.2. The van der Waals surface area contributed by atoms with Gasteiger partial charge in [-0.2, -0.15) is 0 Å². The largest absolute Gasteiger partial charge is 0.396 e. The molecule has 1 amide bonds. The molecule has 0 bridgehead atoms. The Kier molecular flexibility index (Phi) is 6.41. The molecule has 6 nitrogen and oxygen atoms in total. The van der Waals surface area contributed by atoms with Crippen LogP contribution in [0.3, 0.4) is 0 Å². The highest BCUT2D eigenvalue weighted by molar-refractivity contribution is 7.89. The number of sulfonamides is 1. The van der Waals surface area contributed by atoms with E-state index in [9.17, 15) is 18.3 Å². The Labute approximate surface area is 172 Å². The zero-order valence-corrected chi connectivity index (χ0v) is 17.6. The van der Waals surface area contributed by atoms with Crippen molar-refractivity contribution >= 4 is 15.9 Å². The van der Waals surface area contributed by atoms with E-state index in [-0.39, 0.29) is 35.4 Å². The van der Waals surface area contributed by atoms with Crippen molar-refractivity contribution in [3.63, 3.8) is 0 Å². The number of hydrogen-bond donors (Lipinski definition) is 3. The van der Waals surface area contributed by atoms with Crippen LogP contribution in [0.1, 0.15) is 47.7 Å². The summed E-state index contributed by atoms with van der Waals surface area (Å²) < 4.78 is 28.0. The summed E-state index contributed by atoms with van der Waals surface area (Å²) in [7, 11) is -3.76. The minimum Gasteiger partial charge on any atom is -0.396 e. The lowest BCUT2D eigenvalue weighted by Gasteiger charge is -2.30. The lowest BCUT2D eigenvalue weighted by Crippen LogP contribution is -2.45. The fraction of sp³-hybridized carbons (Fsp3) is 0.409. The van der Waals surface area contributed by atoms with Gasteiger partial charge in [0.2, 0.25) is 10.0 Å². The number of nitrogens with one attached hydrogen (secondary N) is 2. The van der Waals surface area contributed by atoms with Crippen molar-refractivity contribution in [3.05, 3.63) is 65.2 Å². The Morgan fingerprint density at radius 2 is 1.93 bits per heavy atom. The third-order valence-corrected chi connectivity index (χ3v) is 7.22. The zero-order valence-electron chi connectivity index (χ0n) is 16.8. The molecule has 2 aromatic carbocycles. The van der Waals surface area contributed by atoms with E-state index >= 15 is 0 Å². The van der Waals surface area contributed by atoms with Crippen LogP contribution in [0.15, 0.2) is 53.4 Å². The Hall–Kier alpha value is -2.22. The summed E-state index contributed by atoms with van der Waals surface area (Å²) in [6.07, 6.45) is 2.60. The SMILES string of the molecule is Cc1ccc(S(=O)(=O)NCc2ccccc2)cc1C(=O)NC1CCCC1(C)CO. The molecule has 3 N–H and O–H groups in total. The van der Waals surface area contributed by atoms with Crippen molar-refractivity contribution in [3.8, 4) is 0 Å². The molecule has 0 saturated heterocycles. The van der Waals surface area contributed by atoms with Crippen LogP contribution in [-0.4, -0.2) is 32.1 Å². The molecule has 2 atom stereocenters. The number of hydrogen-bond acceptors (Lipinski definition) is 4. The number of amides is 1. The van der Waals surface area contributed by atoms with Gasteiger partial charge in [0.05, 0.1) is 11.5 Å².